The number of hydrogen-bond acceptors (Lipinski definition) is 4. The van der Waals surface area contributed by atoms with Crippen molar-refractivity contribution in [3.63, 3.8) is 0 Å². The first-order valence-corrected chi connectivity index (χ1v) is 6.32. The van der Waals surface area contributed by atoms with Crippen LogP contribution in [0.3, 0.4) is 0 Å². The topological polar surface area (TPSA) is 57.6 Å². The van der Waals surface area contributed by atoms with Crippen LogP contribution in [0.2, 0.25) is 0 Å². The number of allylic oxidation sites excluding steroid dienone is 3. The molecule has 0 atom stereocenters. The van der Waals surface area contributed by atoms with Gasteiger partial charge in [0.1, 0.15) is 10.9 Å². The molecule has 1 saturated heterocycles. The van der Waals surface area contributed by atoms with E-state index in [0.29, 0.717) is 9.23 Å². The zero-order valence-corrected chi connectivity index (χ0v) is 11.2. The van der Waals surface area contributed by atoms with Crippen molar-refractivity contribution in [3.05, 3.63) is 22.6 Å². The third kappa shape index (κ3) is 3.67. The summed E-state index contributed by atoms with van der Waals surface area (Å²) in [5, 5.41) is 8.67. The van der Waals surface area contributed by atoms with Gasteiger partial charge in [0.15, 0.2) is 0 Å². The van der Waals surface area contributed by atoms with Crippen LogP contribution in [0.5, 0.6) is 0 Å². The smallest absolute Gasteiger partial charge is 0.323 e. The van der Waals surface area contributed by atoms with Crippen molar-refractivity contribution in [2.24, 2.45) is 0 Å². The molecule has 0 unspecified atom stereocenters. The van der Waals surface area contributed by atoms with Gasteiger partial charge in [-0.05, 0) is 19.4 Å². The van der Waals surface area contributed by atoms with E-state index in [2.05, 4.69) is 0 Å². The summed E-state index contributed by atoms with van der Waals surface area (Å²) < 4.78 is 0.299. The number of aliphatic carboxylic acids is 1. The molecule has 1 amide bonds. The minimum absolute atomic E-state index is 0.299. The summed E-state index contributed by atoms with van der Waals surface area (Å²) in [5.74, 6) is -1.39. The van der Waals surface area contributed by atoms with Crippen molar-refractivity contribution in [3.8, 4) is 0 Å². The minimum Gasteiger partial charge on any atom is -0.480 e. The second-order valence-electron chi connectivity index (χ2n) is 3.52. The van der Waals surface area contributed by atoms with Crippen LogP contribution in [0.4, 0.5) is 0 Å². The first-order chi connectivity index (χ1) is 7.95. The molecule has 0 aromatic heterocycles. The minimum atomic E-state index is -1.07. The Labute approximate surface area is 109 Å². The number of thiocarbonyl (C=S) groups is 1. The Morgan fingerprint density at radius 3 is 2.76 bits per heavy atom. The van der Waals surface area contributed by atoms with Crippen molar-refractivity contribution in [2.75, 3.05) is 6.54 Å². The molecule has 0 bridgehead atoms. The van der Waals surface area contributed by atoms with E-state index in [1.807, 2.05) is 19.9 Å². The Kier molecular flexibility index (Phi) is 4.89. The van der Waals surface area contributed by atoms with Crippen LogP contribution in [0.1, 0.15) is 20.3 Å². The average Bonchev–Trinajstić information content (AvgIpc) is 2.46. The maximum absolute atomic E-state index is 11.8. The van der Waals surface area contributed by atoms with Gasteiger partial charge in [0.2, 0.25) is 0 Å². The maximum Gasteiger partial charge on any atom is 0.323 e. The number of amides is 1. The zero-order chi connectivity index (χ0) is 13.0. The summed E-state index contributed by atoms with van der Waals surface area (Å²) in [7, 11) is 0. The van der Waals surface area contributed by atoms with Crippen LogP contribution >= 0.6 is 24.0 Å². The largest absolute Gasteiger partial charge is 0.480 e. The highest BCUT2D eigenvalue weighted by atomic mass is 32.2. The number of carbonyl (C=O) groups excluding carboxylic acids is 1. The molecule has 4 nitrogen and oxygen atoms in total. The van der Waals surface area contributed by atoms with Gasteiger partial charge in [0.25, 0.3) is 5.91 Å². The molecule has 0 aromatic carbocycles. The SMILES string of the molecule is CC/C=C(C)/C=C1\SC(=S)N(CC(=O)O)C1=O. The third-order valence-corrected chi connectivity index (χ3v) is 3.43. The monoisotopic (exact) mass is 271 g/mol. The van der Waals surface area contributed by atoms with Gasteiger partial charge in [-0.25, -0.2) is 0 Å². The highest BCUT2D eigenvalue weighted by Crippen LogP contribution is 2.31. The fourth-order valence-corrected chi connectivity index (χ4v) is 2.66. The Hall–Kier alpha value is -1.14. The molecule has 1 N–H and O–H groups in total. The van der Waals surface area contributed by atoms with Gasteiger partial charge >= 0.3 is 5.97 Å². The van der Waals surface area contributed by atoms with E-state index >= 15 is 0 Å². The van der Waals surface area contributed by atoms with Gasteiger partial charge in [-0.2, -0.15) is 0 Å². The lowest BCUT2D eigenvalue weighted by Crippen LogP contribution is -2.33. The summed E-state index contributed by atoms with van der Waals surface area (Å²) in [4.78, 5) is 24.0. The summed E-state index contributed by atoms with van der Waals surface area (Å²) in [6, 6.07) is 0. The lowest BCUT2D eigenvalue weighted by atomic mass is 10.2. The number of rotatable bonds is 4. The Balaban J connectivity index is 2.87. The van der Waals surface area contributed by atoms with Crippen LogP contribution in [0.25, 0.3) is 0 Å². The predicted octanol–water partition coefficient (Wildman–Crippen LogP) is 2.17. The number of carbonyl (C=O) groups is 2. The van der Waals surface area contributed by atoms with E-state index in [4.69, 9.17) is 17.3 Å². The molecule has 0 aliphatic carbocycles. The summed E-state index contributed by atoms with van der Waals surface area (Å²) in [6.45, 7) is 3.53. The van der Waals surface area contributed by atoms with Gasteiger partial charge in [-0.15, -0.1) is 0 Å². The van der Waals surface area contributed by atoms with Gasteiger partial charge in [-0.3, -0.25) is 14.5 Å². The van der Waals surface area contributed by atoms with Crippen LogP contribution in [0, 0.1) is 0 Å². The van der Waals surface area contributed by atoms with Crippen LogP contribution in [-0.4, -0.2) is 32.7 Å². The fraction of sp³-hybridized carbons (Fsp3) is 0.364. The van der Waals surface area contributed by atoms with Crippen LogP contribution < -0.4 is 0 Å². The predicted molar refractivity (Wildman–Crippen MR) is 71.7 cm³/mol. The normalized spacial score (nSPS) is 19.3. The molecule has 1 heterocycles. The molecule has 1 aliphatic heterocycles. The van der Waals surface area contributed by atoms with Crippen molar-refractivity contribution in [1.82, 2.24) is 4.90 Å². The summed E-state index contributed by atoms with van der Waals surface area (Å²) in [5.41, 5.74) is 0.975. The summed E-state index contributed by atoms with van der Waals surface area (Å²) in [6.07, 6.45) is 4.62. The Morgan fingerprint density at radius 1 is 1.59 bits per heavy atom. The number of hydrogen-bond donors (Lipinski definition) is 1. The highest BCUT2D eigenvalue weighted by Gasteiger charge is 2.33. The third-order valence-electron chi connectivity index (χ3n) is 2.05. The fourth-order valence-electron chi connectivity index (χ4n) is 1.36. The number of nitrogens with zero attached hydrogens (tertiary/aromatic N) is 1. The van der Waals surface area contributed by atoms with Crippen LogP contribution in [0.15, 0.2) is 22.6 Å². The van der Waals surface area contributed by atoms with E-state index in [1.165, 1.54) is 0 Å². The second-order valence-corrected chi connectivity index (χ2v) is 5.19. The van der Waals surface area contributed by atoms with E-state index in [9.17, 15) is 9.59 Å². The van der Waals surface area contributed by atoms with Crippen molar-refractivity contribution in [1.29, 1.82) is 0 Å². The molecule has 0 radical (unpaired) electrons. The molecule has 92 valence electrons. The standard InChI is InChI=1S/C11H13NO3S2/c1-3-4-7(2)5-8-10(15)12(6-9(13)14)11(16)17-8/h4-5H,3,6H2,1-2H3,(H,13,14)/b7-4+,8-5-. The molecule has 17 heavy (non-hydrogen) atoms. The lowest BCUT2D eigenvalue weighted by Gasteiger charge is -2.10. The van der Waals surface area contributed by atoms with Gasteiger partial charge < -0.3 is 5.11 Å². The number of carboxylic acids is 1. The van der Waals surface area contributed by atoms with Crippen molar-refractivity contribution >= 4 is 40.2 Å². The molecule has 0 aromatic rings. The van der Waals surface area contributed by atoms with Gasteiger partial charge in [0, 0.05) is 0 Å². The molecule has 1 fully saturated rings. The quantitative estimate of drug-likeness (QED) is 0.627. The van der Waals surface area contributed by atoms with Gasteiger partial charge in [0.05, 0.1) is 4.91 Å². The molecular weight excluding hydrogens is 258 g/mol. The Morgan fingerprint density at radius 2 is 2.24 bits per heavy atom. The number of carboxylic acid groups (broad SMARTS) is 1. The first-order valence-electron chi connectivity index (χ1n) is 5.09. The van der Waals surface area contributed by atoms with Crippen molar-refractivity contribution in [2.45, 2.75) is 20.3 Å². The van der Waals surface area contributed by atoms with E-state index < -0.39 is 5.97 Å². The van der Waals surface area contributed by atoms with E-state index in [-0.39, 0.29) is 12.5 Å². The van der Waals surface area contributed by atoms with Gasteiger partial charge in [-0.1, -0.05) is 42.6 Å². The molecule has 6 heteroatoms. The van der Waals surface area contributed by atoms with E-state index in [0.717, 1.165) is 28.7 Å². The molecule has 0 spiro atoms. The maximum atomic E-state index is 11.8. The molecular formula is C11H13NO3S2. The van der Waals surface area contributed by atoms with Crippen LogP contribution in [-0.2, 0) is 9.59 Å². The molecule has 0 saturated carbocycles. The van der Waals surface area contributed by atoms with Crippen molar-refractivity contribution < 1.29 is 14.7 Å². The molecule has 1 rings (SSSR count). The summed E-state index contributed by atoms with van der Waals surface area (Å²) >= 11 is 6.12. The number of thioether (sulfide) groups is 1. The van der Waals surface area contributed by atoms with E-state index in [1.54, 1.807) is 6.08 Å². The zero-order valence-electron chi connectivity index (χ0n) is 9.60. The average molecular weight is 271 g/mol. The lowest BCUT2D eigenvalue weighted by molar-refractivity contribution is -0.140. The molecule has 1 aliphatic rings. The Bertz CT molecular complexity index is 426. The second kappa shape index (κ2) is 5.97. The highest BCUT2D eigenvalue weighted by molar-refractivity contribution is 8.26. The first kappa shape index (κ1) is 13.9.